The molecule has 0 fully saturated rings. The molecule has 116 valence electrons. The van der Waals surface area contributed by atoms with Crippen molar-refractivity contribution in [3.8, 4) is 0 Å². The van der Waals surface area contributed by atoms with E-state index in [2.05, 4.69) is 31.3 Å². The molecule has 0 saturated carbocycles. The number of hydrogen-bond acceptors (Lipinski definition) is 3. The lowest BCUT2D eigenvalue weighted by atomic mass is 10.1. The van der Waals surface area contributed by atoms with Gasteiger partial charge in [0, 0.05) is 37.1 Å². The van der Waals surface area contributed by atoms with E-state index in [4.69, 9.17) is 9.15 Å². The van der Waals surface area contributed by atoms with Gasteiger partial charge in [0.15, 0.2) is 0 Å². The van der Waals surface area contributed by atoms with Crippen LogP contribution in [0.4, 0.5) is 0 Å². The summed E-state index contributed by atoms with van der Waals surface area (Å²) in [4.78, 5) is 0. The molecule has 21 heavy (non-hydrogen) atoms. The Morgan fingerprint density at radius 3 is 2.71 bits per heavy atom. The van der Waals surface area contributed by atoms with Gasteiger partial charge in [-0.2, -0.15) is 0 Å². The minimum absolute atomic E-state index is 0.847. The van der Waals surface area contributed by atoms with E-state index in [0.717, 1.165) is 56.9 Å². The fourth-order valence-corrected chi connectivity index (χ4v) is 2.49. The first-order chi connectivity index (χ1) is 10.4. The molecule has 3 heteroatoms. The topological polar surface area (TPSA) is 34.4 Å². The lowest BCUT2D eigenvalue weighted by molar-refractivity contribution is 0.129. The molecule has 0 radical (unpaired) electrons. The Bertz CT molecular complexity index is 533. The lowest BCUT2D eigenvalue weighted by Gasteiger charge is -2.06. The van der Waals surface area contributed by atoms with Crippen molar-refractivity contribution in [3.63, 3.8) is 0 Å². The van der Waals surface area contributed by atoms with Crippen LogP contribution >= 0.6 is 0 Å². The predicted molar refractivity (Wildman–Crippen MR) is 87.6 cm³/mol. The van der Waals surface area contributed by atoms with E-state index in [1.165, 1.54) is 17.4 Å². The van der Waals surface area contributed by atoms with Gasteiger partial charge in [-0.3, -0.25) is 0 Å². The number of hydrogen-bond donors (Lipinski definition) is 1. The Kier molecular flexibility index (Phi) is 6.77. The van der Waals surface area contributed by atoms with Gasteiger partial charge in [-0.05, 0) is 25.5 Å². The van der Waals surface area contributed by atoms with E-state index in [-0.39, 0.29) is 0 Å². The van der Waals surface area contributed by atoms with Crippen LogP contribution in [0.5, 0.6) is 0 Å². The molecule has 0 amide bonds. The Morgan fingerprint density at radius 1 is 1.10 bits per heavy atom. The molecule has 0 aliphatic rings. The Balaban J connectivity index is 1.78. The molecule has 0 aliphatic heterocycles. The van der Waals surface area contributed by atoms with Crippen molar-refractivity contribution >= 4 is 11.0 Å². The third-order valence-electron chi connectivity index (χ3n) is 3.69. The molecule has 1 aromatic carbocycles. The van der Waals surface area contributed by atoms with E-state index in [9.17, 15) is 0 Å². The van der Waals surface area contributed by atoms with Crippen LogP contribution in [0.1, 0.15) is 44.4 Å². The van der Waals surface area contributed by atoms with Crippen LogP contribution < -0.4 is 5.32 Å². The highest BCUT2D eigenvalue weighted by Gasteiger charge is 2.11. The first kappa shape index (κ1) is 16.1. The van der Waals surface area contributed by atoms with Crippen LogP contribution in [0.25, 0.3) is 11.0 Å². The standard InChI is InChI=1S/C18H27NO2/c1-3-5-12-20-13-8-11-19-14-16-15-9-6-7-10-18(15)21-17(16)4-2/h6-7,9-10,19H,3-5,8,11-14H2,1-2H3. The van der Waals surface area contributed by atoms with E-state index >= 15 is 0 Å². The summed E-state index contributed by atoms with van der Waals surface area (Å²) in [5.41, 5.74) is 2.30. The van der Waals surface area contributed by atoms with Crippen molar-refractivity contribution in [2.75, 3.05) is 19.8 Å². The maximum Gasteiger partial charge on any atom is 0.134 e. The summed E-state index contributed by atoms with van der Waals surface area (Å²) >= 11 is 0. The quantitative estimate of drug-likeness (QED) is 0.662. The fourth-order valence-electron chi connectivity index (χ4n) is 2.49. The van der Waals surface area contributed by atoms with Crippen LogP contribution in [0.3, 0.4) is 0 Å². The zero-order valence-corrected chi connectivity index (χ0v) is 13.3. The summed E-state index contributed by atoms with van der Waals surface area (Å²) < 4.78 is 11.5. The molecule has 1 aromatic heterocycles. The molecular weight excluding hydrogens is 262 g/mol. The number of para-hydroxylation sites is 1. The summed E-state index contributed by atoms with van der Waals surface area (Å²) in [6, 6.07) is 8.28. The number of unbranched alkanes of at least 4 members (excludes halogenated alkanes) is 1. The van der Waals surface area contributed by atoms with Crippen LogP contribution in [-0.4, -0.2) is 19.8 Å². The van der Waals surface area contributed by atoms with E-state index in [1.54, 1.807) is 0 Å². The largest absolute Gasteiger partial charge is 0.461 e. The van der Waals surface area contributed by atoms with Crippen molar-refractivity contribution in [2.24, 2.45) is 0 Å². The summed E-state index contributed by atoms with van der Waals surface area (Å²) in [5.74, 6) is 1.10. The molecule has 0 unspecified atom stereocenters. The Morgan fingerprint density at radius 2 is 1.90 bits per heavy atom. The smallest absolute Gasteiger partial charge is 0.134 e. The minimum atomic E-state index is 0.847. The first-order valence-electron chi connectivity index (χ1n) is 8.14. The summed E-state index contributed by atoms with van der Waals surface area (Å²) in [5, 5.41) is 4.74. The highest BCUT2D eigenvalue weighted by Crippen LogP contribution is 2.26. The molecule has 0 saturated heterocycles. The molecule has 0 bridgehead atoms. The number of nitrogens with one attached hydrogen (secondary N) is 1. The van der Waals surface area contributed by atoms with Crippen molar-refractivity contribution in [2.45, 2.75) is 46.1 Å². The molecule has 2 aromatic rings. The van der Waals surface area contributed by atoms with Gasteiger partial charge in [0.2, 0.25) is 0 Å². The predicted octanol–water partition coefficient (Wildman–Crippen LogP) is 4.29. The summed E-state index contributed by atoms with van der Waals surface area (Å²) in [7, 11) is 0. The molecular formula is C18H27NO2. The van der Waals surface area contributed by atoms with Crippen molar-refractivity contribution in [1.29, 1.82) is 0 Å². The Hall–Kier alpha value is -1.32. The van der Waals surface area contributed by atoms with Crippen LogP contribution in [0.2, 0.25) is 0 Å². The second kappa shape index (κ2) is 8.85. The lowest BCUT2D eigenvalue weighted by Crippen LogP contribution is -2.17. The zero-order chi connectivity index (χ0) is 14.9. The maximum atomic E-state index is 5.91. The summed E-state index contributed by atoms with van der Waals surface area (Å²) in [6.07, 6.45) is 4.35. The fraction of sp³-hybridized carbons (Fsp3) is 0.556. The normalized spacial score (nSPS) is 11.3. The van der Waals surface area contributed by atoms with E-state index in [1.807, 2.05) is 12.1 Å². The van der Waals surface area contributed by atoms with Crippen molar-refractivity contribution in [1.82, 2.24) is 5.32 Å². The van der Waals surface area contributed by atoms with Crippen LogP contribution in [-0.2, 0) is 17.7 Å². The third-order valence-corrected chi connectivity index (χ3v) is 3.69. The second-order valence-electron chi connectivity index (χ2n) is 5.35. The highest BCUT2D eigenvalue weighted by atomic mass is 16.5. The second-order valence-corrected chi connectivity index (χ2v) is 5.35. The average Bonchev–Trinajstić information content (AvgIpc) is 2.88. The number of fused-ring (bicyclic) bond motifs is 1. The molecule has 1 N–H and O–H groups in total. The van der Waals surface area contributed by atoms with Crippen LogP contribution in [0.15, 0.2) is 28.7 Å². The van der Waals surface area contributed by atoms with Gasteiger partial charge in [0.05, 0.1) is 0 Å². The minimum Gasteiger partial charge on any atom is -0.461 e. The van der Waals surface area contributed by atoms with Gasteiger partial charge in [-0.15, -0.1) is 0 Å². The molecule has 0 spiro atoms. The Labute approximate surface area is 127 Å². The van der Waals surface area contributed by atoms with Crippen LogP contribution in [0, 0.1) is 0 Å². The number of aryl methyl sites for hydroxylation is 1. The molecule has 1 heterocycles. The van der Waals surface area contributed by atoms with Gasteiger partial charge in [-0.25, -0.2) is 0 Å². The number of furan rings is 1. The number of benzene rings is 1. The summed E-state index contributed by atoms with van der Waals surface area (Å²) in [6.45, 7) is 7.92. The van der Waals surface area contributed by atoms with Gasteiger partial charge in [0.1, 0.15) is 11.3 Å². The number of rotatable bonds is 10. The van der Waals surface area contributed by atoms with Gasteiger partial charge in [0.25, 0.3) is 0 Å². The molecule has 3 nitrogen and oxygen atoms in total. The maximum absolute atomic E-state index is 5.91. The number of ether oxygens (including phenoxy) is 1. The zero-order valence-electron chi connectivity index (χ0n) is 13.3. The monoisotopic (exact) mass is 289 g/mol. The average molecular weight is 289 g/mol. The molecule has 0 aliphatic carbocycles. The third kappa shape index (κ3) is 4.58. The van der Waals surface area contributed by atoms with E-state index in [0.29, 0.717) is 0 Å². The first-order valence-corrected chi connectivity index (χ1v) is 8.14. The molecule has 0 atom stereocenters. The van der Waals surface area contributed by atoms with Crippen molar-refractivity contribution in [3.05, 3.63) is 35.6 Å². The van der Waals surface area contributed by atoms with Gasteiger partial charge < -0.3 is 14.5 Å². The van der Waals surface area contributed by atoms with Gasteiger partial charge >= 0.3 is 0 Å². The molecule has 2 rings (SSSR count). The van der Waals surface area contributed by atoms with E-state index < -0.39 is 0 Å². The van der Waals surface area contributed by atoms with Crippen molar-refractivity contribution < 1.29 is 9.15 Å². The van der Waals surface area contributed by atoms with Gasteiger partial charge in [-0.1, -0.05) is 38.5 Å². The highest BCUT2D eigenvalue weighted by molar-refractivity contribution is 5.82. The SMILES string of the molecule is CCCCOCCCNCc1c(CC)oc2ccccc12.